The molecule has 0 aliphatic heterocycles. The number of rotatable bonds is 6. The summed E-state index contributed by atoms with van der Waals surface area (Å²) in [4.78, 5) is 4.46. The number of hydrogen-bond acceptors (Lipinski definition) is 3. The van der Waals surface area contributed by atoms with Crippen molar-refractivity contribution in [1.82, 2.24) is 10.3 Å². The summed E-state index contributed by atoms with van der Waals surface area (Å²) in [5.41, 5.74) is 2.86. The number of methoxy groups -OCH3 is 1. The van der Waals surface area contributed by atoms with Gasteiger partial charge in [-0.3, -0.25) is 4.98 Å². The number of aromatic nitrogens is 1. The molecule has 1 heterocycles. The van der Waals surface area contributed by atoms with Crippen LogP contribution in [0, 0.1) is 12.7 Å². The summed E-state index contributed by atoms with van der Waals surface area (Å²) in [5.74, 6) is -0.0994. The maximum absolute atomic E-state index is 14.0. The fourth-order valence-electron chi connectivity index (χ4n) is 2.32. The topological polar surface area (TPSA) is 34.1 Å². The molecule has 3 nitrogen and oxygen atoms in total. The molecule has 0 saturated carbocycles. The van der Waals surface area contributed by atoms with Gasteiger partial charge in [0.05, 0.1) is 18.8 Å². The Morgan fingerprint density at radius 1 is 1.33 bits per heavy atom. The van der Waals surface area contributed by atoms with E-state index in [1.54, 1.807) is 12.3 Å². The molecule has 1 aromatic heterocycles. The first-order valence-corrected chi connectivity index (χ1v) is 7.15. The van der Waals surface area contributed by atoms with Crippen molar-refractivity contribution in [3.63, 3.8) is 0 Å². The van der Waals surface area contributed by atoms with Crippen molar-refractivity contribution in [2.45, 2.75) is 26.3 Å². The van der Waals surface area contributed by atoms with Crippen LogP contribution in [0.3, 0.4) is 0 Å². The lowest BCUT2D eigenvalue weighted by Crippen LogP contribution is -2.25. The lowest BCUT2D eigenvalue weighted by atomic mass is 9.99. The number of nitrogens with zero attached hydrogens (tertiary/aromatic N) is 1. The van der Waals surface area contributed by atoms with E-state index in [1.807, 2.05) is 25.1 Å². The minimum atomic E-state index is -0.355. The van der Waals surface area contributed by atoms with E-state index >= 15 is 0 Å². The molecule has 0 amide bonds. The molecule has 1 N–H and O–H groups in total. The van der Waals surface area contributed by atoms with Gasteiger partial charge in [0.2, 0.25) is 0 Å². The van der Waals surface area contributed by atoms with Crippen molar-refractivity contribution in [1.29, 1.82) is 0 Å². The zero-order valence-electron chi connectivity index (χ0n) is 12.7. The second kappa shape index (κ2) is 7.18. The maximum atomic E-state index is 14.0. The fraction of sp³-hybridized carbons (Fsp3) is 0.353. The Morgan fingerprint density at radius 2 is 2.14 bits per heavy atom. The predicted octanol–water partition coefficient (Wildman–Crippen LogP) is 3.63. The molecule has 0 aliphatic rings. The van der Waals surface area contributed by atoms with E-state index in [-0.39, 0.29) is 17.6 Å². The Morgan fingerprint density at radius 3 is 2.76 bits per heavy atom. The van der Waals surface area contributed by atoms with E-state index in [2.05, 4.69) is 17.2 Å². The van der Waals surface area contributed by atoms with Gasteiger partial charge >= 0.3 is 0 Å². The Hall–Kier alpha value is -1.94. The molecule has 0 spiro atoms. The number of hydrogen-bond donors (Lipinski definition) is 1. The van der Waals surface area contributed by atoms with Crippen molar-refractivity contribution in [3.05, 3.63) is 59.2 Å². The van der Waals surface area contributed by atoms with E-state index in [0.29, 0.717) is 0 Å². The van der Waals surface area contributed by atoms with Gasteiger partial charge in [-0.1, -0.05) is 19.1 Å². The zero-order valence-corrected chi connectivity index (χ0v) is 12.7. The molecule has 2 rings (SSSR count). The van der Waals surface area contributed by atoms with Gasteiger partial charge in [-0.15, -0.1) is 0 Å². The summed E-state index contributed by atoms with van der Waals surface area (Å²) in [6.07, 6.45) is 2.77. The van der Waals surface area contributed by atoms with E-state index in [0.717, 1.165) is 29.8 Å². The molecule has 1 aromatic carbocycles. The molecular weight excluding hydrogens is 267 g/mol. The first-order valence-electron chi connectivity index (χ1n) is 7.15. The molecule has 112 valence electrons. The van der Waals surface area contributed by atoms with Gasteiger partial charge in [0.1, 0.15) is 0 Å². The quantitative estimate of drug-likeness (QED) is 0.881. The van der Waals surface area contributed by atoms with Crippen molar-refractivity contribution >= 4 is 0 Å². The smallest absolute Gasteiger partial charge is 0.165 e. The van der Waals surface area contributed by atoms with E-state index in [1.165, 1.54) is 13.2 Å². The molecule has 0 aliphatic carbocycles. The zero-order chi connectivity index (χ0) is 15.2. The van der Waals surface area contributed by atoms with Gasteiger partial charge in [0, 0.05) is 6.20 Å². The SMILES string of the molecule is CCCNC(c1ccc(OC)c(F)c1)c1ncccc1C. The number of halogens is 1. The summed E-state index contributed by atoms with van der Waals surface area (Å²) < 4.78 is 19.0. The summed E-state index contributed by atoms with van der Waals surface area (Å²) in [6.45, 7) is 4.96. The summed E-state index contributed by atoms with van der Waals surface area (Å²) in [7, 11) is 1.47. The van der Waals surface area contributed by atoms with Crippen LogP contribution in [0.15, 0.2) is 36.5 Å². The number of pyridine rings is 1. The largest absolute Gasteiger partial charge is 0.494 e. The van der Waals surface area contributed by atoms with Crippen LogP contribution in [0.1, 0.15) is 36.2 Å². The number of nitrogens with one attached hydrogen (secondary N) is 1. The van der Waals surface area contributed by atoms with Crippen LogP contribution in [-0.4, -0.2) is 18.6 Å². The van der Waals surface area contributed by atoms with Gasteiger partial charge < -0.3 is 10.1 Å². The number of aryl methyl sites for hydroxylation is 1. The summed E-state index contributed by atoms with van der Waals surface area (Å²) in [6, 6.07) is 8.85. The molecule has 0 radical (unpaired) electrons. The van der Waals surface area contributed by atoms with Crippen molar-refractivity contribution in [2.24, 2.45) is 0 Å². The van der Waals surface area contributed by atoms with E-state index < -0.39 is 0 Å². The fourth-order valence-corrected chi connectivity index (χ4v) is 2.32. The van der Waals surface area contributed by atoms with Crippen LogP contribution >= 0.6 is 0 Å². The Labute approximate surface area is 125 Å². The van der Waals surface area contributed by atoms with Gasteiger partial charge in [-0.2, -0.15) is 0 Å². The molecule has 1 atom stereocenters. The van der Waals surface area contributed by atoms with Crippen LogP contribution in [0.25, 0.3) is 0 Å². The first kappa shape index (κ1) is 15.4. The summed E-state index contributed by atoms with van der Waals surface area (Å²) in [5, 5.41) is 3.44. The maximum Gasteiger partial charge on any atom is 0.165 e. The highest BCUT2D eigenvalue weighted by Gasteiger charge is 2.18. The normalized spacial score (nSPS) is 12.2. The second-order valence-corrected chi connectivity index (χ2v) is 4.99. The molecule has 0 saturated heterocycles. The molecule has 1 unspecified atom stereocenters. The molecule has 21 heavy (non-hydrogen) atoms. The van der Waals surface area contributed by atoms with Crippen molar-refractivity contribution in [3.8, 4) is 5.75 Å². The third-order valence-corrected chi connectivity index (χ3v) is 3.43. The van der Waals surface area contributed by atoms with Gasteiger partial charge in [0.15, 0.2) is 11.6 Å². The molecule has 2 aromatic rings. The lowest BCUT2D eigenvalue weighted by molar-refractivity contribution is 0.385. The molecule has 4 heteroatoms. The molecular formula is C17H21FN2O. The molecule has 0 fully saturated rings. The highest BCUT2D eigenvalue weighted by atomic mass is 19.1. The molecule has 0 bridgehead atoms. The Balaban J connectivity index is 2.40. The summed E-state index contributed by atoms with van der Waals surface area (Å²) >= 11 is 0. The predicted molar refractivity (Wildman–Crippen MR) is 82.1 cm³/mol. The van der Waals surface area contributed by atoms with E-state index in [4.69, 9.17) is 4.74 Å². The van der Waals surface area contributed by atoms with Crippen LogP contribution in [0.2, 0.25) is 0 Å². The number of benzene rings is 1. The third-order valence-electron chi connectivity index (χ3n) is 3.43. The van der Waals surface area contributed by atoms with Crippen molar-refractivity contribution < 1.29 is 9.13 Å². The first-order chi connectivity index (χ1) is 10.2. The van der Waals surface area contributed by atoms with Gasteiger partial charge in [0.25, 0.3) is 0 Å². The van der Waals surface area contributed by atoms with Crippen LogP contribution in [0.4, 0.5) is 4.39 Å². The standard InChI is InChI=1S/C17H21FN2O/c1-4-9-19-17(16-12(2)6-5-10-20-16)13-7-8-15(21-3)14(18)11-13/h5-8,10-11,17,19H,4,9H2,1-3H3. The van der Waals surface area contributed by atoms with Crippen LogP contribution in [-0.2, 0) is 0 Å². The van der Waals surface area contributed by atoms with E-state index in [9.17, 15) is 4.39 Å². The average Bonchev–Trinajstić information content (AvgIpc) is 2.49. The van der Waals surface area contributed by atoms with Crippen molar-refractivity contribution in [2.75, 3.05) is 13.7 Å². The monoisotopic (exact) mass is 288 g/mol. The van der Waals surface area contributed by atoms with Gasteiger partial charge in [-0.05, 0) is 49.2 Å². The minimum Gasteiger partial charge on any atom is -0.494 e. The minimum absolute atomic E-state index is 0.119. The van der Waals surface area contributed by atoms with Crippen LogP contribution in [0.5, 0.6) is 5.75 Å². The highest BCUT2D eigenvalue weighted by Crippen LogP contribution is 2.27. The average molecular weight is 288 g/mol. The third kappa shape index (κ3) is 3.58. The van der Waals surface area contributed by atoms with Crippen LogP contribution < -0.4 is 10.1 Å². The Bertz CT molecular complexity index is 601. The highest BCUT2D eigenvalue weighted by molar-refractivity contribution is 5.36. The van der Waals surface area contributed by atoms with Gasteiger partial charge in [-0.25, -0.2) is 4.39 Å². The second-order valence-electron chi connectivity index (χ2n) is 4.99. The number of ether oxygens (including phenoxy) is 1. The lowest BCUT2D eigenvalue weighted by Gasteiger charge is -2.20. The Kier molecular flexibility index (Phi) is 5.28.